The van der Waals surface area contributed by atoms with Gasteiger partial charge >= 0.3 is 0 Å². The second kappa shape index (κ2) is 5.72. The molecule has 0 bridgehead atoms. The summed E-state index contributed by atoms with van der Waals surface area (Å²) in [5, 5.41) is 12.8. The topological polar surface area (TPSA) is 32.3 Å². The van der Waals surface area contributed by atoms with Crippen LogP contribution in [0.2, 0.25) is 0 Å². The van der Waals surface area contributed by atoms with E-state index < -0.39 is 0 Å². The van der Waals surface area contributed by atoms with Crippen LogP contribution in [-0.4, -0.2) is 23.8 Å². The van der Waals surface area contributed by atoms with Crippen molar-refractivity contribution in [3.05, 3.63) is 0 Å². The summed E-state index contributed by atoms with van der Waals surface area (Å²) >= 11 is 0. The Kier molecular flexibility index (Phi) is 4.90. The lowest BCUT2D eigenvalue weighted by Crippen LogP contribution is -2.43. The molecule has 0 heterocycles. The van der Waals surface area contributed by atoms with Crippen LogP contribution >= 0.6 is 0 Å². The molecule has 0 aromatic carbocycles. The summed E-state index contributed by atoms with van der Waals surface area (Å²) in [5.74, 6) is 1.60. The summed E-state index contributed by atoms with van der Waals surface area (Å²) in [5.41, 5.74) is 0. The maximum absolute atomic E-state index is 9.17. The second-order valence-corrected chi connectivity index (χ2v) is 5.00. The van der Waals surface area contributed by atoms with Crippen molar-refractivity contribution in [2.75, 3.05) is 6.54 Å². The Morgan fingerprint density at radius 3 is 2.36 bits per heavy atom. The lowest BCUT2D eigenvalue weighted by Gasteiger charge is -2.35. The highest BCUT2D eigenvalue weighted by Crippen LogP contribution is 2.28. The van der Waals surface area contributed by atoms with Crippen molar-refractivity contribution in [2.24, 2.45) is 11.8 Å². The van der Waals surface area contributed by atoms with E-state index in [1.165, 1.54) is 19.3 Å². The molecule has 0 spiro atoms. The summed E-state index contributed by atoms with van der Waals surface area (Å²) < 4.78 is 0. The van der Waals surface area contributed by atoms with Gasteiger partial charge in [0.2, 0.25) is 0 Å². The number of hydrogen-bond acceptors (Lipinski definition) is 2. The van der Waals surface area contributed by atoms with E-state index in [-0.39, 0.29) is 6.10 Å². The third-order valence-corrected chi connectivity index (χ3v) is 3.49. The molecule has 1 rings (SSSR count). The van der Waals surface area contributed by atoms with Crippen LogP contribution in [0.4, 0.5) is 0 Å². The Labute approximate surface area is 88.1 Å². The minimum absolute atomic E-state index is 0.170. The third kappa shape index (κ3) is 3.58. The highest BCUT2D eigenvalue weighted by molar-refractivity contribution is 4.83. The van der Waals surface area contributed by atoms with Gasteiger partial charge in [-0.05, 0) is 44.6 Å². The van der Waals surface area contributed by atoms with Crippen LogP contribution < -0.4 is 5.32 Å². The van der Waals surface area contributed by atoms with Crippen LogP contribution in [0.5, 0.6) is 0 Å². The monoisotopic (exact) mass is 199 g/mol. The molecule has 0 saturated heterocycles. The second-order valence-electron chi connectivity index (χ2n) is 5.00. The van der Waals surface area contributed by atoms with Crippen molar-refractivity contribution in [2.45, 2.75) is 58.6 Å². The van der Waals surface area contributed by atoms with E-state index in [1.807, 2.05) is 6.92 Å². The molecule has 0 amide bonds. The van der Waals surface area contributed by atoms with Crippen molar-refractivity contribution in [1.29, 1.82) is 0 Å². The van der Waals surface area contributed by atoms with E-state index in [0.717, 1.165) is 24.8 Å². The van der Waals surface area contributed by atoms with Gasteiger partial charge in [-0.1, -0.05) is 20.3 Å². The molecular weight excluding hydrogens is 174 g/mol. The number of hydrogen-bond donors (Lipinski definition) is 2. The van der Waals surface area contributed by atoms with Crippen LogP contribution in [0.15, 0.2) is 0 Å². The predicted molar refractivity (Wildman–Crippen MR) is 60.3 cm³/mol. The van der Waals surface area contributed by atoms with Gasteiger partial charge in [0.1, 0.15) is 0 Å². The quantitative estimate of drug-likeness (QED) is 0.727. The fourth-order valence-electron chi connectivity index (χ4n) is 2.54. The number of rotatable bonds is 4. The van der Waals surface area contributed by atoms with E-state index in [1.54, 1.807) is 0 Å². The van der Waals surface area contributed by atoms with Crippen molar-refractivity contribution in [1.82, 2.24) is 5.32 Å². The highest BCUT2D eigenvalue weighted by Gasteiger charge is 2.26. The molecule has 0 aliphatic heterocycles. The zero-order chi connectivity index (χ0) is 10.6. The van der Waals surface area contributed by atoms with Gasteiger partial charge in [0, 0.05) is 6.04 Å². The number of aliphatic hydroxyl groups excluding tert-OH is 1. The molecule has 1 fully saturated rings. The van der Waals surface area contributed by atoms with Gasteiger partial charge in [-0.15, -0.1) is 0 Å². The lowest BCUT2D eigenvalue weighted by molar-refractivity contribution is 0.166. The van der Waals surface area contributed by atoms with Gasteiger partial charge in [0.25, 0.3) is 0 Å². The van der Waals surface area contributed by atoms with E-state index >= 15 is 0 Å². The van der Waals surface area contributed by atoms with Crippen molar-refractivity contribution in [3.8, 4) is 0 Å². The van der Waals surface area contributed by atoms with Gasteiger partial charge < -0.3 is 10.4 Å². The van der Waals surface area contributed by atoms with Crippen molar-refractivity contribution >= 4 is 0 Å². The smallest absolute Gasteiger partial charge is 0.0524 e. The maximum atomic E-state index is 9.17. The SMILES string of the molecule is C[C@H](O)CCNC1[C@H](C)CCC[C@H]1C. The molecule has 1 aliphatic carbocycles. The first-order valence-electron chi connectivity index (χ1n) is 6.02. The summed E-state index contributed by atoms with van der Waals surface area (Å²) in [7, 11) is 0. The highest BCUT2D eigenvalue weighted by atomic mass is 16.3. The molecule has 0 radical (unpaired) electrons. The van der Waals surface area contributed by atoms with Gasteiger partial charge in [-0.25, -0.2) is 0 Å². The van der Waals surface area contributed by atoms with Crippen molar-refractivity contribution in [3.63, 3.8) is 0 Å². The molecule has 2 heteroatoms. The van der Waals surface area contributed by atoms with Crippen LogP contribution in [-0.2, 0) is 0 Å². The standard InChI is InChI=1S/C12H25NO/c1-9-5-4-6-10(2)12(9)13-8-7-11(3)14/h9-14H,4-8H2,1-3H3/t9-,10-,11+/m1/s1. The maximum Gasteiger partial charge on any atom is 0.0524 e. The molecule has 2 nitrogen and oxygen atoms in total. The Bertz CT molecular complexity index is 148. The molecule has 3 atom stereocenters. The summed E-state index contributed by atoms with van der Waals surface area (Å²) in [6, 6.07) is 0.669. The van der Waals surface area contributed by atoms with Gasteiger partial charge in [-0.3, -0.25) is 0 Å². The van der Waals surface area contributed by atoms with Gasteiger partial charge in [0.15, 0.2) is 0 Å². The van der Waals surface area contributed by atoms with E-state index in [9.17, 15) is 5.11 Å². The number of aliphatic hydroxyl groups is 1. The minimum atomic E-state index is -0.170. The molecule has 0 unspecified atom stereocenters. The first-order valence-corrected chi connectivity index (χ1v) is 6.02. The predicted octanol–water partition coefficient (Wildman–Crippen LogP) is 2.17. The summed E-state index contributed by atoms with van der Waals surface area (Å²) in [6.07, 6.45) is 4.80. The number of nitrogens with one attached hydrogen (secondary N) is 1. The van der Waals surface area contributed by atoms with E-state index in [0.29, 0.717) is 6.04 Å². The summed E-state index contributed by atoms with van der Waals surface area (Å²) in [6.45, 7) is 7.50. The van der Waals surface area contributed by atoms with E-state index in [4.69, 9.17) is 0 Å². The third-order valence-electron chi connectivity index (χ3n) is 3.49. The van der Waals surface area contributed by atoms with Gasteiger partial charge in [0.05, 0.1) is 6.10 Å². The molecule has 14 heavy (non-hydrogen) atoms. The largest absolute Gasteiger partial charge is 0.393 e. The Morgan fingerprint density at radius 2 is 1.86 bits per heavy atom. The first-order chi connectivity index (χ1) is 6.61. The zero-order valence-electron chi connectivity index (χ0n) is 9.79. The van der Waals surface area contributed by atoms with Crippen molar-refractivity contribution < 1.29 is 5.11 Å². The normalized spacial score (nSPS) is 31.7. The molecule has 2 N–H and O–H groups in total. The Morgan fingerprint density at radius 1 is 1.29 bits per heavy atom. The fraction of sp³-hybridized carbons (Fsp3) is 1.00. The molecule has 0 aromatic rings. The first kappa shape index (κ1) is 12.0. The molecule has 1 saturated carbocycles. The fourth-order valence-corrected chi connectivity index (χ4v) is 2.54. The van der Waals surface area contributed by atoms with Crippen LogP contribution in [0.25, 0.3) is 0 Å². The van der Waals surface area contributed by atoms with Gasteiger partial charge in [-0.2, -0.15) is 0 Å². The molecular formula is C12H25NO. The summed E-state index contributed by atoms with van der Waals surface area (Å²) in [4.78, 5) is 0. The van der Waals surface area contributed by atoms with E-state index in [2.05, 4.69) is 19.2 Å². The average molecular weight is 199 g/mol. The van der Waals surface area contributed by atoms with Crippen LogP contribution in [0, 0.1) is 11.8 Å². The average Bonchev–Trinajstić information content (AvgIpc) is 2.09. The van der Waals surface area contributed by atoms with Crippen LogP contribution in [0.1, 0.15) is 46.5 Å². The van der Waals surface area contributed by atoms with Crippen LogP contribution in [0.3, 0.4) is 0 Å². The molecule has 0 aromatic heterocycles. The Balaban J connectivity index is 2.26. The minimum Gasteiger partial charge on any atom is -0.393 e. The molecule has 84 valence electrons. The lowest BCUT2D eigenvalue weighted by atomic mass is 9.79. The molecule has 1 aliphatic rings. The zero-order valence-corrected chi connectivity index (χ0v) is 9.79. The Hall–Kier alpha value is -0.0800.